The lowest BCUT2D eigenvalue weighted by Crippen LogP contribution is -2.23. The van der Waals surface area contributed by atoms with Gasteiger partial charge >= 0.3 is 0 Å². The van der Waals surface area contributed by atoms with Crippen molar-refractivity contribution in [2.45, 2.75) is 6.42 Å². The van der Waals surface area contributed by atoms with Gasteiger partial charge in [0.15, 0.2) is 11.5 Å². The lowest BCUT2D eigenvalue weighted by atomic mass is 10.1. The van der Waals surface area contributed by atoms with Gasteiger partial charge in [-0.25, -0.2) is 0 Å². The molecule has 1 aromatic carbocycles. The molecule has 0 aliphatic carbocycles. The van der Waals surface area contributed by atoms with Crippen molar-refractivity contribution < 1.29 is 19.1 Å². The molecule has 0 aromatic heterocycles. The molecule has 1 heterocycles. The van der Waals surface area contributed by atoms with Crippen LogP contribution in [-0.4, -0.2) is 38.0 Å². The summed E-state index contributed by atoms with van der Waals surface area (Å²) in [5, 5.41) is 0. The smallest absolute Gasteiger partial charge is 0.256 e. The molecule has 2 amide bonds. The Balaban J connectivity index is 2.34. The van der Waals surface area contributed by atoms with Gasteiger partial charge in [0.1, 0.15) is 0 Å². The Bertz CT molecular complexity index is 563. The van der Waals surface area contributed by atoms with Gasteiger partial charge in [0.05, 0.1) is 20.6 Å². The van der Waals surface area contributed by atoms with Crippen LogP contribution in [0.4, 0.5) is 0 Å². The average molecular weight is 261 g/mol. The van der Waals surface area contributed by atoms with E-state index < -0.39 is 0 Å². The first-order valence-corrected chi connectivity index (χ1v) is 5.80. The Labute approximate surface area is 111 Å². The standard InChI is InChI=1S/C14H15NO4/c1-15-13(16)8-10(14(15)17)6-9-4-5-11(18-2)12(7-9)19-3/h4-7H,8H2,1-3H3/b10-6+. The van der Waals surface area contributed by atoms with Crippen LogP contribution in [0.25, 0.3) is 6.08 Å². The molecule has 0 unspecified atom stereocenters. The topological polar surface area (TPSA) is 55.8 Å². The molecule has 0 atom stereocenters. The second-order valence-corrected chi connectivity index (χ2v) is 4.22. The fourth-order valence-corrected chi connectivity index (χ4v) is 1.94. The Hall–Kier alpha value is -2.30. The highest BCUT2D eigenvalue weighted by molar-refractivity contribution is 6.15. The van der Waals surface area contributed by atoms with Gasteiger partial charge in [-0.15, -0.1) is 0 Å². The number of methoxy groups -OCH3 is 2. The zero-order valence-corrected chi connectivity index (χ0v) is 11.1. The third kappa shape index (κ3) is 2.45. The fourth-order valence-electron chi connectivity index (χ4n) is 1.94. The average Bonchev–Trinajstić information content (AvgIpc) is 2.66. The van der Waals surface area contributed by atoms with E-state index in [2.05, 4.69) is 0 Å². The minimum absolute atomic E-state index is 0.143. The molecule has 0 spiro atoms. The van der Waals surface area contributed by atoms with Crippen molar-refractivity contribution >= 4 is 17.9 Å². The summed E-state index contributed by atoms with van der Waals surface area (Å²) in [4.78, 5) is 24.3. The summed E-state index contributed by atoms with van der Waals surface area (Å²) in [5.41, 5.74) is 1.28. The first kappa shape index (κ1) is 13.1. The molecule has 1 saturated heterocycles. The van der Waals surface area contributed by atoms with E-state index in [1.165, 1.54) is 7.05 Å². The van der Waals surface area contributed by atoms with E-state index in [0.717, 1.165) is 10.5 Å². The molecule has 1 aliphatic heterocycles. The minimum atomic E-state index is -0.250. The van der Waals surface area contributed by atoms with Gasteiger partial charge in [0, 0.05) is 12.6 Å². The monoisotopic (exact) mass is 261 g/mol. The van der Waals surface area contributed by atoms with E-state index >= 15 is 0 Å². The van der Waals surface area contributed by atoms with Crippen molar-refractivity contribution in [3.05, 3.63) is 29.3 Å². The number of carbonyl (C=O) groups excluding carboxylic acids is 2. The molecular formula is C14H15NO4. The molecule has 2 rings (SSSR count). The molecule has 5 nitrogen and oxygen atoms in total. The number of hydrogen-bond donors (Lipinski definition) is 0. The van der Waals surface area contributed by atoms with Gasteiger partial charge < -0.3 is 9.47 Å². The van der Waals surface area contributed by atoms with E-state index in [4.69, 9.17) is 9.47 Å². The van der Waals surface area contributed by atoms with Gasteiger partial charge in [-0.3, -0.25) is 14.5 Å². The van der Waals surface area contributed by atoms with Crippen LogP contribution in [-0.2, 0) is 9.59 Å². The number of rotatable bonds is 3. The summed E-state index contributed by atoms with van der Waals surface area (Å²) >= 11 is 0. The van der Waals surface area contributed by atoms with Crippen LogP contribution in [0.5, 0.6) is 11.5 Å². The van der Waals surface area contributed by atoms with Crippen molar-refractivity contribution in [1.82, 2.24) is 4.90 Å². The lowest BCUT2D eigenvalue weighted by molar-refractivity contribution is -0.135. The van der Waals surface area contributed by atoms with Crippen LogP contribution in [0.1, 0.15) is 12.0 Å². The van der Waals surface area contributed by atoms with Gasteiger partial charge in [-0.1, -0.05) is 6.07 Å². The number of amides is 2. The van der Waals surface area contributed by atoms with E-state index in [-0.39, 0.29) is 18.2 Å². The summed E-state index contributed by atoms with van der Waals surface area (Å²) in [6, 6.07) is 5.34. The predicted octanol–water partition coefficient (Wildman–Crippen LogP) is 1.48. The first-order valence-electron chi connectivity index (χ1n) is 5.80. The van der Waals surface area contributed by atoms with E-state index in [1.807, 2.05) is 6.07 Å². The molecule has 0 bridgehead atoms. The zero-order chi connectivity index (χ0) is 14.0. The molecule has 0 N–H and O–H groups in total. The Morgan fingerprint density at radius 3 is 2.37 bits per heavy atom. The van der Waals surface area contributed by atoms with Crippen LogP contribution >= 0.6 is 0 Å². The quantitative estimate of drug-likeness (QED) is 0.611. The normalized spacial score (nSPS) is 17.2. The maximum absolute atomic E-state index is 11.8. The van der Waals surface area contributed by atoms with Gasteiger partial charge in [-0.05, 0) is 23.8 Å². The van der Waals surface area contributed by atoms with Crippen molar-refractivity contribution in [2.75, 3.05) is 21.3 Å². The zero-order valence-electron chi connectivity index (χ0n) is 11.1. The number of likely N-dealkylation sites (tertiary alicyclic amines) is 1. The molecular weight excluding hydrogens is 246 g/mol. The predicted molar refractivity (Wildman–Crippen MR) is 69.9 cm³/mol. The van der Waals surface area contributed by atoms with Gasteiger partial charge in [0.2, 0.25) is 5.91 Å². The summed E-state index contributed by atoms with van der Waals surface area (Å²) in [5.74, 6) is 0.772. The highest BCUT2D eigenvalue weighted by atomic mass is 16.5. The summed E-state index contributed by atoms with van der Waals surface area (Å²) in [6.07, 6.45) is 1.84. The van der Waals surface area contributed by atoms with Gasteiger partial charge in [0.25, 0.3) is 5.91 Å². The number of hydrogen-bond acceptors (Lipinski definition) is 4. The summed E-state index contributed by atoms with van der Waals surface area (Å²) in [7, 11) is 4.59. The van der Waals surface area contributed by atoms with Crippen molar-refractivity contribution in [3.8, 4) is 11.5 Å². The molecule has 0 saturated carbocycles. The number of carbonyl (C=O) groups is 2. The number of ether oxygens (including phenoxy) is 2. The van der Waals surface area contributed by atoms with Crippen LogP contribution in [0, 0.1) is 0 Å². The molecule has 19 heavy (non-hydrogen) atoms. The third-order valence-corrected chi connectivity index (χ3v) is 3.04. The lowest BCUT2D eigenvalue weighted by Gasteiger charge is -2.08. The second-order valence-electron chi connectivity index (χ2n) is 4.22. The SMILES string of the molecule is COc1ccc(/C=C2\CC(=O)N(C)C2=O)cc1OC. The number of likely N-dealkylation sites (N-methyl/N-ethyl adjacent to an activating group) is 1. The first-order chi connectivity index (χ1) is 9.06. The van der Waals surface area contributed by atoms with E-state index in [9.17, 15) is 9.59 Å². The minimum Gasteiger partial charge on any atom is -0.493 e. The van der Waals surface area contributed by atoms with Crippen LogP contribution < -0.4 is 9.47 Å². The number of nitrogens with zero attached hydrogens (tertiary/aromatic N) is 1. The highest BCUT2D eigenvalue weighted by Gasteiger charge is 2.30. The largest absolute Gasteiger partial charge is 0.493 e. The van der Waals surface area contributed by atoms with Crippen LogP contribution in [0.15, 0.2) is 23.8 Å². The maximum Gasteiger partial charge on any atom is 0.256 e. The maximum atomic E-state index is 11.8. The number of imide groups is 1. The number of benzene rings is 1. The molecule has 1 aliphatic rings. The van der Waals surface area contributed by atoms with Crippen LogP contribution in [0.2, 0.25) is 0 Å². The molecule has 1 fully saturated rings. The molecule has 1 aromatic rings. The fraction of sp³-hybridized carbons (Fsp3) is 0.286. The Morgan fingerprint density at radius 1 is 1.16 bits per heavy atom. The van der Waals surface area contributed by atoms with Gasteiger partial charge in [-0.2, -0.15) is 0 Å². The van der Waals surface area contributed by atoms with E-state index in [0.29, 0.717) is 17.1 Å². The molecule has 0 radical (unpaired) electrons. The molecule has 5 heteroatoms. The summed E-state index contributed by atoms with van der Waals surface area (Å²) in [6.45, 7) is 0. The summed E-state index contributed by atoms with van der Waals surface area (Å²) < 4.78 is 10.3. The Morgan fingerprint density at radius 2 is 1.84 bits per heavy atom. The van der Waals surface area contributed by atoms with Crippen LogP contribution in [0.3, 0.4) is 0 Å². The molecule has 100 valence electrons. The van der Waals surface area contributed by atoms with Crippen molar-refractivity contribution in [2.24, 2.45) is 0 Å². The van der Waals surface area contributed by atoms with Crippen molar-refractivity contribution in [1.29, 1.82) is 0 Å². The Kier molecular flexibility index (Phi) is 3.55. The highest BCUT2D eigenvalue weighted by Crippen LogP contribution is 2.29. The van der Waals surface area contributed by atoms with E-state index in [1.54, 1.807) is 32.4 Å². The second kappa shape index (κ2) is 5.14. The third-order valence-electron chi connectivity index (χ3n) is 3.04. The van der Waals surface area contributed by atoms with Crippen molar-refractivity contribution in [3.63, 3.8) is 0 Å².